The van der Waals surface area contributed by atoms with Crippen LogP contribution in [0.1, 0.15) is 34.6 Å². The normalized spacial score (nSPS) is 10.4. The highest BCUT2D eigenvalue weighted by Crippen LogP contribution is 2.23. The highest BCUT2D eigenvalue weighted by molar-refractivity contribution is 9.10. The predicted molar refractivity (Wildman–Crippen MR) is 119 cm³/mol. The molecule has 6 heteroatoms. The van der Waals surface area contributed by atoms with Crippen LogP contribution in [0.5, 0.6) is 0 Å². The second-order valence-corrected chi connectivity index (χ2v) is 7.85. The molecule has 0 N–H and O–H groups in total. The molecule has 0 aliphatic heterocycles. The van der Waals surface area contributed by atoms with Crippen LogP contribution in [0.4, 0.5) is 0 Å². The third-order valence-electron chi connectivity index (χ3n) is 4.16. The summed E-state index contributed by atoms with van der Waals surface area (Å²) in [5, 5.41) is 1.96. The van der Waals surface area contributed by atoms with E-state index in [1.165, 1.54) is 0 Å². The Labute approximate surface area is 179 Å². The third-order valence-corrected chi connectivity index (χ3v) is 5.29. The van der Waals surface area contributed by atoms with Crippen molar-refractivity contribution in [2.75, 3.05) is 0 Å². The average Bonchev–Trinajstić information content (AvgIpc) is 2.68. The van der Waals surface area contributed by atoms with Crippen molar-refractivity contribution < 1.29 is 9.59 Å². The van der Waals surface area contributed by atoms with Gasteiger partial charge in [0.25, 0.3) is 0 Å². The van der Waals surface area contributed by atoms with Crippen LogP contribution in [-0.4, -0.2) is 21.5 Å². The fourth-order valence-electron chi connectivity index (χ4n) is 2.65. The number of pyridine rings is 2. The number of aromatic nitrogens is 2. The number of benzene rings is 2. The van der Waals surface area contributed by atoms with Crippen LogP contribution in [0.15, 0.2) is 69.9 Å². The number of rotatable bonds is 2. The van der Waals surface area contributed by atoms with Gasteiger partial charge in [0.1, 0.15) is 4.60 Å². The van der Waals surface area contributed by atoms with Gasteiger partial charge in [-0.05, 0) is 78.3 Å². The van der Waals surface area contributed by atoms with Crippen molar-refractivity contribution in [1.29, 1.82) is 0 Å². The van der Waals surface area contributed by atoms with E-state index in [1.54, 1.807) is 32.2 Å². The summed E-state index contributed by atoms with van der Waals surface area (Å²) in [6, 6.07) is 16.7. The molecular weight excluding hydrogens is 484 g/mol. The van der Waals surface area contributed by atoms with Crippen LogP contribution in [0, 0.1) is 0 Å². The SMILES string of the molecule is CC(=O)c1ccc2nc(Br)ccc2c1.CC(=O)c1ccc2nccc(Br)c2c1. The molecule has 0 saturated carbocycles. The number of carbonyl (C=O) groups is 2. The molecule has 28 heavy (non-hydrogen) atoms. The Hall–Kier alpha value is -2.44. The number of hydrogen-bond donors (Lipinski definition) is 0. The quantitative estimate of drug-likeness (QED) is 0.236. The number of fused-ring (bicyclic) bond motifs is 2. The lowest BCUT2D eigenvalue weighted by atomic mass is 10.1. The van der Waals surface area contributed by atoms with E-state index in [2.05, 4.69) is 41.8 Å². The molecule has 0 fully saturated rings. The van der Waals surface area contributed by atoms with Crippen LogP contribution in [-0.2, 0) is 0 Å². The summed E-state index contributed by atoms with van der Waals surface area (Å²) in [6.45, 7) is 3.12. The average molecular weight is 500 g/mol. The minimum atomic E-state index is 0.0719. The van der Waals surface area contributed by atoms with Crippen LogP contribution < -0.4 is 0 Å². The van der Waals surface area contributed by atoms with Crippen LogP contribution in [0.2, 0.25) is 0 Å². The minimum Gasteiger partial charge on any atom is -0.295 e. The topological polar surface area (TPSA) is 59.9 Å². The first-order chi connectivity index (χ1) is 13.3. The van der Waals surface area contributed by atoms with Crippen molar-refractivity contribution in [2.24, 2.45) is 0 Å². The van der Waals surface area contributed by atoms with Crippen LogP contribution in [0.25, 0.3) is 21.8 Å². The summed E-state index contributed by atoms with van der Waals surface area (Å²) in [5.41, 5.74) is 3.22. The van der Waals surface area contributed by atoms with E-state index in [0.717, 1.165) is 36.4 Å². The van der Waals surface area contributed by atoms with Crippen LogP contribution >= 0.6 is 31.9 Å². The molecule has 4 rings (SSSR count). The molecule has 4 nitrogen and oxygen atoms in total. The van der Waals surface area contributed by atoms with Crippen molar-refractivity contribution in [2.45, 2.75) is 13.8 Å². The zero-order chi connectivity index (χ0) is 20.3. The van der Waals surface area contributed by atoms with Gasteiger partial charge in [0.05, 0.1) is 11.0 Å². The number of Topliss-reactive ketones (excluding diaryl/α,β-unsaturated/α-hetero) is 2. The number of hydrogen-bond acceptors (Lipinski definition) is 4. The molecule has 2 aromatic carbocycles. The van der Waals surface area contributed by atoms with Crippen molar-refractivity contribution in [3.05, 3.63) is 81.0 Å². The fourth-order valence-corrected chi connectivity index (χ4v) is 3.41. The first kappa shape index (κ1) is 20.3. The molecule has 0 amide bonds. The number of halogens is 2. The summed E-state index contributed by atoms with van der Waals surface area (Å²) in [5.74, 6) is 0.150. The van der Waals surface area contributed by atoms with Gasteiger partial charge in [0, 0.05) is 32.6 Å². The highest BCUT2D eigenvalue weighted by atomic mass is 79.9. The molecule has 0 radical (unpaired) electrons. The Morgan fingerprint density at radius 1 is 0.786 bits per heavy atom. The molecule has 0 saturated heterocycles. The molecule has 140 valence electrons. The Balaban J connectivity index is 0.000000161. The number of ketones is 2. The van der Waals surface area contributed by atoms with E-state index in [-0.39, 0.29) is 11.6 Å². The maximum atomic E-state index is 11.2. The van der Waals surface area contributed by atoms with E-state index in [9.17, 15) is 9.59 Å². The van der Waals surface area contributed by atoms with E-state index in [0.29, 0.717) is 5.56 Å². The zero-order valence-corrected chi connectivity index (χ0v) is 18.4. The molecular formula is C22H16Br2N2O2. The van der Waals surface area contributed by atoms with Gasteiger partial charge in [-0.2, -0.15) is 0 Å². The third kappa shape index (κ3) is 4.69. The monoisotopic (exact) mass is 498 g/mol. The maximum absolute atomic E-state index is 11.2. The molecule has 4 aromatic rings. The molecule has 0 spiro atoms. The van der Waals surface area contributed by atoms with Gasteiger partial charge in [-0.15, -0.1) is 0 Å². The number of carbonyl (C=O) groups excluding carboxylic acids is 2. The Morgan fingerprint density at radius 3 is 2.11 bits per heavy atom. The first-order valence-electron chi connectivity index (χ1n) is 8.47. The number of nitrogens with zero attached hydrogens (tertiary/aromatic N) is 2. The van der Waals surface area contributed by atoms with Gasteiger partial charge >= 0.3 is 0 Å². The first-order valence-corrected chi connectivity index (χ1v) is 10.1. The second kappa shape index (κ2) is 8.71. The molecule has 0 aliphatic carbocycles. The van der Waals surface area contributed by atoms with Gasteiger partial charge in [0.15, 0.2) is 11.6 Å². The van der Waals surface area contributed by atoms with E-state index < -0.39 is 0 Å². The molecule has 0 aliphatic rings. The van der Waals surface area contributed by atoms with E-state index in [4.69, 9.17) is 0 Å². The van der Waals surface area contributed by atoms with Crippen molar-refractivity contribution >= 4 is 65.2 Å². The summed E-state index contributed by atoms with van der Waals surface area (Å²) >= 11 is 6.73. The van der Waals surface area contributed by atoms with Crippen molar-refractivity contribution in [1.82, 2.24) is 9.97 Å². The second-order valence-electron chi connectivity index (χ2n) is 6.18. The summed E-state index contributed by atoms with van der Waals surface area (Å²) in [4.78, 5) is 30.8. The molecule has 2 aromatic heterocycles. The standard InChI is InChI=1S/2C11H8BrNO/c1-7(14)8-2-4-10-9(6-8)3-5-11(12)13-10;1-7(14)8-2-3-11-9(6-8)10(12)4-5-13-11/h2*2-6H,1H3. The van der Waals surface area contributed by atoms with Crippen molar-refractivity contribution in [3.63, 3.8) is 0 Å². The summed E-state index contributed by atoms with van der Waals surface area (Å²) in [7, 11) is 0. The lowest BCUT2D eigenvalue weighted by Crippen LogP contribution is -1.91. The molecule has 2 heterocycles. The Morgan fingerprint density at radius 2 is 1.43 bits per heavy atom. The van der Waals surface area contributed by atoms with Gasteiger partial charge in [-0.25, -0.2) is 4.98 Å². The van der Waals surface area contributed by atoms with Gasteiger partial charge in [0.2, 0.25) is 0 Å². The van der Waals surface area contributed by atoms with Crippen LogP contribution in [0.3, 0.4) is 0 Å². The largest absolute Gasteiger partial charge is 0.295 e. The summed E-state index contributed by atoms with van der Waals surface area (Å²) < 4.78 is 1.77. The highest BCUT2D eigenvalue weighted by Gasteiger charge is 2.04. The predicted octanol–water partition coefficient (Wildman–Crippen LogP) is 6.40. The van der Waals surface area contributed by atoms with Gasteiger partial charge in [-0.1, -0.05) is 22.0 Å². The van der Waals surface area contributed by atoms with Gasteiger partial charge in [-0.3, -0.25) is 14.6 Å². The smallest absolute Gasteiger partial charge is 0.159 e. The summed E-state index contributed by atoms with van der Waals surface area (Å²) in [6.07, 6.45) is 1.74. The Bertz CT molecular complexity index is 1200. The Kier molecular flexibility index (Phi) is 6.31. The zero-order valence-electron chi connectivity index (χ0n) is 15.2. The minimum absolute atomic E-state index is 0.0719. The van der Waals surface area contributed by atoms with Crippen molar-refractivity contribution in [3.8, 4) is 0 Å². The van der Waals surface area contributed by atoms with E-state index in [1.807, 2.05) is 42.5 Å². The lowest BCUT2D eigenvalue weighted by Gasteiger charge is -2.01. The fraction of sp³-hybridized carbons (Fsp3) is 0.0909. The lowest BCUT2D eigenvalue weighted by molar-refractivity contribution is 0.100. The molecule has 0 bridgehead atoms. The molecule has 0 atom stereocenters. The van der Waals surface area contributed by atoms with Gasteiger partial charge < -0.3 is 0 Å². The van der Waals surface area contributed by atoms with E-state index >= 15 is 0 Å². The molecule has 0 unspecified atom stereocenters. The maximum Gasteiger partial charge on any atom is 0.159 e.